The van der Waals surface area contributed by atoms with Crippen molar-refractivity contribution in [3.05, 3.63) is 62.9 Å². The van der Waals surface area contributed by atoms with Crippen LogP contribution in [0.5, 0.6) is 0 Å². The molecule has 0 radical (unpaired) electrons. The molecule has 0 spiro atoms. The highest BCUT2D eigenvalue weighted by atomic mass is 35.5. The highest BCUT2D eigenvalue weighted by Gasteiger charge is 2.15. The smallest absolute Gasteiger partial charge is 0.275 e. The Morgan fingerprint density at radius 2 is 2.19 bits per heavy atom. The van der Waals surface area contributed by atoms with Gasteiger partial charge >= 0.3 is 0 Å². The molecule has 0 bridgehead atoms. The van der Waals surface area contributed by atoms with E-state index < -0.39 is 4.92 Å². The first-order valence-electron chi connectivity index (χ1n) is 6.83. The van der Waals surface area contributed by atoms with Gasteiger partial charge in [-0.05, 0) is 30.7 Å². The van der Waals surface area contributed by atoms with E-state index in [4.69, 9.17) is 17.3 Å². The van der Waals surface area contributed by atoms with Gasteiger partial charge in [0, 0.05) is 41.0 Å². The van der Waals surface area contributed by atoms with Crippen LogP contribution in [0.15, 0.2) is 36.5 Å². The summed E-state index contributed by atoms with van der Waals surface area (Å²) in [4.78, 5) is 10.7. The number of benzene rings is 1. The molecule has 5 nitrogen and oxygen atoms in total. The average Bonchev–Trinajstić information content (AvgIpc) is 2.87. The molecule has 1 unspecified atom stereocenters. The van der Waals surface area contributed by atoms with Crippen molar-refractivity contribution in [2.75, 3.05) is 0 Å². The van der Waals surface area contributed by atoms with E-state index in [0.29, 0.717) is 17.1 Å². The van der Waals surface area contributed by atoms with Gasteiger partial charge in [-0.25, -0.2) is 0 Å². The molecular weight excluding hydrogens is 290 g/mol. The zero-order valence-electron chi connectivity index (χ0n) is 11.8. The van der Waals surface area contributed by atoms with E-state index in [0.717, 1.165) is 18.5 Å². The SMILES string of the molecule is CCC(N)Cc1cccn1Cc1ccc(Cl)cc1[N+](=O)[O-]. The molecule has 0 aliphatic heterocycles. The summed E-state index contributed by atoms with van der Waals surface area (Å²) in [5.74, 6) is 0. The second kappa shape index (κ2) is 6.74. The number of hydrogen-bond donors (Lipinski definition) is 1. The van der Waals surface area contributed by atoms with Crippen LogP contribution in [0.2, 0.25) is 5.02 Å². The molecule has 0 aliphatic rings. The molecule has 0 amide bonds. The highest BCUT2D eigenvalue weighted by molar-refractivity contribution is 6.30. The van der Waals surface area contributed by atoms with Gasteiger partial charge in [-0.1, -0.05) is 18.5 Å². The highest BCUT2D eigenvalue weighted by Crippen LogP contribution is 2.24. The number of nitrogens with zero attached hydrogens (tertiary/aromatic N) is 2. The largest absolute Gasteiger partial charge is 0.347 e. The maximum atomic E-state index is 11.1. The number of rotatable bonds is 6. The minimum Gasteiger partial charge on any atom is -0.347 e. The second-order valence-electron chi connectivity index (χ2n) is 5.03. The van der Waals surface area contributed by atoms with Gasteiger partial charge in [0.2, 0.25) is 0 Å². The number of nitro benzene ring substituents is 1. The Balaban J connectivity index is 2.27. The summed E-state index contributed by atoms with van der Waals surface area (Å²) in [5, 5.41) is 11.5. The molecule has 1 atom stereocenters. The van der Waals surface area contributed by atoms with E-state index in [1.807, 2.05) is 29.8 Å². The number of halogens is 1. The van der Waals surface area contributed by atoms with Crippen molar-refractivity contribution in [1.82, 2.24) is 4.57 Å². The standard InChI is InChI=1S/C15H18ClN3O2/c1-2-13(17)9-14-4-3-7-18(14)10-11-5-6-12(16)8-15(11)19(20)21/h3-8,13H,2,9-10,17H2,1H3. The Labute approximate surface area is 128 Å². The van der Waals surface area contributed by atoms with Gasteiger partial charge in [0.25, 0.3) is 5.69 Å². The van der Waals surface area contributed by atoms with Crippen molar-refractivity contribution in [2.45, 2.75) is 32.4 Å². The predicted octanol–water partition coefficient (Wildman–Crippen LogP) is 3.38. The third kappa shape index (κ3) is 3.83. The van der Waals surface area contributed by atoms with Crippen molar-refractivity contribution in [3.63, 3.8) is 0 Å². The summed E-state index contributed by atoms with van der Waals surface area (Å²) >= 11 is 5.83. The lowest BCUT2D eigenvalue weighted by Gasteiger charge is -2.13. The Morgan fingerprint density at radius 1 is 1.43 bits per heavy atom. The molecule has 2 rings (SSSR count). The second-order valence-corrected chi connectivity index (χ2v) is 5.47. The van der Waals surface area contributed by atoms with Crippen LogP contribution in [0.1, 0.15) is 24.6 Å². The molecule has 1 heterocycles. The van der Waals surface area contributed by atoms with Crippen LogP contribution in [0.3, 0.4) is 0 Å². The first-order valence-corrected chi connectivity index (χ1v) is 7.21. The zero-order chi connectivity index (χ0) is 15.4. The van der Waals surface area contributed by atoms with Gasteiger partial charge in [-0.3, -0.25) is 10.1 Å². The minimum absolute atomic E-state index is 0.0435. The number of nitrogens with two attached hydrogens (primary N) is 1. The molecule has 2 aromatic rings. The first kappa shape index (κ1) is 15.5. The third-order valence-corrected chi connectivity index (χ3v) is 3.74. The number of nitro groups is 1. The van der Waals surface area contributed by atoms with Gasteiger partial charge in [0.1, 0.15) is 0 Å². The van der Waals surface area contributed by atoms with Crippen LogP contribution in [-0.4, -0.2) is 15.5 Å². The molecule has 21 heavy (non-hydrogen) atoms. The molecular formula is C15H18ClN3O2. The van der Waals surface area contributed by atoms with E-state index >= 15 is 0 Å². The maximum Gasteiger partial charge on any atom is 0.275 e. The summed E-state index contributed by atoms with van der Waals surface area (Å²) in [7, 11) is 0. The molecule has 0 saturated carbocycles. The van der Waals surface area contributed by atoms with Gasteiger partial charge in [0.05, 0.1) is 11.5 Å². The van der Waals surface area contributed by atoms with Crippen molar-refractivity contribution < 1.29 is 4.92 Å². The number of hydrogen-bond acceptors (Lipinski definition) is 3. The fourth-order valence-electron chi connectivity index (χ4n) is 2.23. The quantitative estimate of drug-likeness (QED) is 0.656. The molecule has 1 aromatic carbocycles. The van der Waals surface area contributed by atoms with Gasteiger partial charge in [-0.15, -0.1) is 0 Å². The van der Waals surface area contributed by atoms with Gasteiger partial charge in [0.15, 0.2) is 0 Å². The van der Waals surface area contributed by atoms with E-state index in [1.54, 1.807) is 12.1 Å². The summed E-state index contributed by atoms with van der Waals surface area (Å²) in [6, 6.07) is 8.78. The monoisotopic (exact) mass is 307 g/mol. The number of aromatic nitrogens is 1. The van der Waals surface area contributed by atoms with Crippen molar-refractivity contribution in [1.29, 1.82) is 0 Å². The fourth-order valence-corrected chi connectivity index (χ4v) is 2.39. The molecule has 0 fully saturated rings. The van der Waals surface area contributed by atoms with Gasteiger partial charge < -0.3 is 10.3 Å². The lowest BCUT2D eigenvalue weighted by atomic mass is 10.1. The van der Waals surface area contributed by atoms with E-state index in [9.17, 15) is 10.1 Å². The fraction of sp³-hybridized carbons (Fsp3) is 0.333. The first-order chi connectivity index (χ1) is 10.0. The normalized spacial score (nSPS) is 12.3. The molecule has 112 valence electrons. The van der Waals surface area contributed by atoms with Crippen molar-refractivity contribution in [3.8, 4) is 0 Å². The summed E-state index contributed by atoms with van der Waals surface area (Å²) in [6.45, 7) is 2.48. The van der Waals surface area contributed by atoms with E-state index in [1.165, 1.54) is 6.07 Å². The van der Waals surface area contributed by atoms with Crippen LogP contribution in [0.25, 0.3) is 0 Å². The minimum atomic E-state index is -0.401. The Kier molecular flexibility index (Phi) is 4.98. The van der Waals surface area contributed by atoms with Crippen LogP contribution in [-0.2, 0) is 13.0 Å². The zero-order valence-corrected chi connectivity index (χ0v) is 12.6. The van der Waals surface area contributed by atoms with E-state index in [2.05, 4.69) is 0 Å². The van der Waals surface area contributed by atoms with Crippen LogP contribution in [0, 0.1) is 10.1 Å². The van der Waals surface area contributed by atoms with Crippen LogP contribution >= 0.6 is 11.6 Å². The van der Waals surface area contributed by atoms with Gasteiger partial charge in [-0.2, -0.15) is 0 Å². The average molecular weight is 308 g/mol. The molecule has 2 N–H and O–H groups in total. The lowest BCUT2D eigenvalue weighted by Crippen LogP contribution is -2.23. The summed E-state index contributed by atoms with van der Waals surface area (Å²) < 4.78 is 1.99. The molecule has 0 aliphatic carbocycles. The lowest BCUT2D eigenvalue weighted by molar-refractivity contribution is -0.385. The van der Waals surface area contributed by atoms with Crippen LogP contribution in [0.4, 0.5) is 5.69 Å². The summed E-state index contributed by atoms with van der Waals surface area (Å²) in [6.07, 6.45) is 3.56. The maximum absolute atomic E-state index is 11.1. The van der Waals surface area contributed by atoms with E-state index in [-0.39, 0.29) is 11.7 Å². The predicted molar refractivity (Wildman–Crippen MR) is 83.6 cm³/mol. The van der Waals surface area contributed by atoms with Crippen molar-refractivity contribution >= 4 is 17.3 Å². The Bertz CT molecular complexity index is 640. The molecule has 1 aromatic heterocycles. The Morgan fingerprint density at radius 3 is 2.86 bits per heavy atom. The van der Waals surface area contributed by atoms with Crippen LogP contribution < -0.4 is 5.73 Å². The third-order valence-electron chi connectivity index (χ3n) is 3.50. The topological polar surface area (TPSA) is 74.1 Å². The molecule has 6 heteroatoms. The Hall–Kier alpha value is -1.85. The van der Waals surface area contributed by atoms with Crippen molar-refractivity contribution in [2.24, 2.45) is 5.73 Å². The molecule has 0 saturated heterocycles. The summed E-state index contributed by atoms with van der Waals surface area (Å²) in [5.41, 5.74) is 7.74.